The fourth-order valence-corrected chi connectivity index (χ4v) is 3.78. The fraction of sp³-hybridized carbons (Fsp3) is 0.143. The van der Waals surface area contributed by atoms with Gasteiger partial charge in [0, 0.05) is 21.4 Å². The van der Waals surface area contributed by atoms with Crippen LogP contribution in [0.25, 0.3) is 22.2 Å². The van der Waals surface area contributed by atoms with E-state index in [9.17, 15) is 0 Å². The lowest BCUT2D eigenvalue weighted by Crippen LogP contribution is -1.98. The van der Waals surface area contributed by atoms with Crippen molar-refractivity contribution in [1.29, 1.82) is 0 Å². The molecular formula is C14H10BN3OS. The lowest BCUT2D eigenvalue weighted by molar-refractivity contribution is 0.398. The highest BCUT2D eigenvalue weighted by Gasteiger charge is 2.27. The molecule has 3 heterocycles. The highest BCUT2D eigenvalue weighted by Crippen LogP contribution is 2.50. The van der Waals surface area contributed by atoms with Gasteiger partial charge in [-0.2, -0.15) is 5.10 Å². The smallest absolute Gasteiger partial charge is 0.265 e. The van der Waals surface area contributed by atoms with Gasteiger partial charge in [-0.05, 0) is 24.6 Å². The highest BCUT2D eigenvalue weighted by atomic mass is 32.2. The number of nitrogens with zero attached hydrogens (tertiary/aromatic N) is 3. The molecule has 4 nitrogen and oxygen atoms in total. The molecule has 3 aromatic rings. The number of aryl methyl sites for hydroxylation is 1. The maximum absolute atomic E-state index is 5.98. The zero-order valence-electron chi connectivity index (χ0n) is 11.0. The molecule has 0 saturated heterocycles. The second-order valence-corrected chi connectivity index (χ2v) is 5.75. The van der Waals surface area contributed by atoms with E-state index in [0.717, 1.165) is 27.1 Å². The lowest BCUT2D eigenvalue weighted by Gasteiger charge is -2.18. The number of ether oxygens (including phenoxy) is 1. The maximum Gasteiger partial charge on any atom is 0.265 e. The molecule has 0 atom stereocenters. The van der Waals surface area contributed by atoms with Gasteiger partial charge in [-0.15, -0.1) is 0 Å². The van der Waals surface area contributed by atoms with Crippen LogP contribution in [0.3, 0.4) is 0 Å². The summed E-state index contributed by atoms with van der Waals surface area (Å²) in [5.41, 5.74) is 3.91. The molecule has 20 heavy (non-hydrogen) atoms. The number of hydrogen-bond donors (Lipinski definition) is 0. The van der Waals surface area contributed by atoms with Gasteiger partial charge in [0.2, 0.25) is 5.88 Å². The van der Waals surface area contributed by atoms with E-state index in [-0.39, 0.29) is 0 Å². The molecule has 0 bridgehead atoms. The SMILES string of the molecule is [B]n1nc2c3c(c(C)ccc31)Sc1ccnc(OC)c1-2. The van der Waals surface area contributed by atoms with Gasteiger partial charge in [-0.1, -0.05) is 17.8 Å². The molecular weight excluding hydrogens is 269 g/mol. The minimum Gasteiger partial charge on any atom is -0.480 e. The van der Waals surface area contributed by atoms with Crippen LogP contribution < -0.4 is 4.74 Å². The summed E-state index contributed by atoms with van der Waals surface area (Å²) < 4.78 is 6.81. The molecule has 0 amide bonds. The molecule has 96 valence electrons. The number of fused-ring (bicyclic) bond motifs is 2. The van der Waals surface area contributed by atoms with Gasteiger partial charge in [0.15, 0.2) is 0 Å². The van der Waals surface area contributed by atoms with Crippen molar-refractivity contribution in [3.63, 3.8) is 0 Å². The monoisotopic (exact) mass is 279 g/mol. The van der Waals surface area contributed by atoms with E-state index in [0.29, 0.717) is 5.88 Å². The van der Waals surface area contributed by atoms with Crippen molar-refractivity contribution in [3.05, 3.63) is 30.0 Å². The maximum atomic E-state index is 5.98. The van der Waals surface area contributed by atoms with E-state index in [4.69, 9.17) is 12.7 Å². The Balaban J connectivity index is 2.19. The summed E-state index contributed by atoms with van der Waals surface area (Å²) in [6, 6.07) is 6.06. The number of methoxy groups -OCH3 is 1. The quantitative estimate of drug-likeness (QED) is 0.502. The molecule has 1 aromatic carbocycles. The Labute approximate surface area is 121 Å². The van der Waals surface area contributed by atoms with Gasteiger partial charge < -0.3 is 9.33 Å². The second-order valence-electron chi connectivity index (χ2n) is 4.69. The molecule has 6 heteroatoms. The number of rotatable bonds is 1. The molecule has 2 radical (unpaired) electrons. The molecule has 1 aliphatic heterocycles. The Hall–Kier alpha value is -1.95. The normalized spacial score (nSPS) is 12.5. The summed E-state index contributed by atoms with van der Waals surface area (Å²) >= 11 is 1.72. The van der Waals surface area contributed by atoms with Crippen molar-refractivity contribution >= 4 is 30.6 Å². The van der Waals surface area contributed by atoms with Crippen LogP contribution in [-0.2, 0) is 0 Å². The molecule has 0 saturated carbocycles. The van der Waals surface area contributed by atoms with Crippen LogP contribution in [0.2, 0.25) is 0 Å². The lowest BCUT2D eigenvalue weighted by atomic mass is 10.1. The van der Waals surface area contributed by atoms with Gasteiger partial charge in [0.05, 0.1) is 18.2 Å². The first-order valence-corrected chi connectivity index (χ1v) is 7.01. The van der Waals surface area contributed by atoms with Gasteiger partial charge in [-0.25, -0.2) is 4.98 Å². The molecule has 2 aromatic heterocycles. The van der Waals surface area contributed by atoms with Crippen molar-refractivity contribution in [1.82, 2.24) is 14.7 Å². The summed E-state index contributed by atoms with van der Waals surface area (Å²) in [7, 11) is 7.60. The van der Waals surface area contributed by atoms with Crippen molar-refractivity contribution in [2.75, 3.05) is 7.11 Å². The Morgan fingerprint density at radius 3 is 2.95 bits per heavy atom. The predicted molar refractivity (Wildman–Crippen MR) is 79.5 cm³/mol. The van der Waals surface area contributed by atoms with Crippen LogP contribution >= 0.6 is 11.8 Å². The van der Waals surface area contributed by atoms with Gasteiger partial charge in [0.1, 0.15) is 5.69 Å². The zero-order chi connectivity index (χ0) is 13.9. The van der Waals surface area contributed by atoms with Crippen LogP contribution in [0.5, 0.6) is 5.88 Å². The van der Waals surface area contributed by atoms with E-state index in [1.165, 1.54) is 15.1 Å². The van der Waals surface area contributed by atoms with E-state index >= 15 is 0 Å². The molecule has 4 rings (SSSR count). The zero-order valence-corrected chi connectivity index (χ0v) is 11.9. The number of pyridine rings is 1. The summed E-state index contributed by atoms with van der Waals surface area (Å²) in [4.78, 5) is 6.58. The molecule has 0 N–H and O–H groups in total. The Morgan fingerprint density at radius 2 is 2.15 bits per heavy atom. The topological polar surface area (TPSA) is 39.9 Å². The third-order valence-corrected chi connectivity index (χ3v) is 4.83. The van der Waals surface area contributed by atoms with Crippen molar-refractivity contribution in [2.45, 2.75) is 16.7 Å². The average molecular weight is 279 g/mol. The summed E-state index contributed by atoms with van der Waals surface area (Å²) in [6.45, 7) is 2.10. The molecule has 0 unspecified atom stereocenters. The molecule has 0 fully saturated rings. The standard InChI is InChI=1S/C14H10BN3OS/c1-7-3-4-8-10-12(17-18(8)15)11-9(20-13(7)10)5-6-16-14(11)19-2/h3-6H,1-2H3. The van der Waals surface area contributed by atoms with Gasteiger partial charge >= 0.3 is 0 Å². The predicted octanol–water partition coefficient (Wildman–Crippen LogP) is 2.81. The van der Waals surface area contributed by atoms with Crippen molar-refractivity contribution in [3.8, 4) is 17.1 Å². The molecule has 0 aliphatic carbocycles. The van der Waals surface area contributed by atoms with E-state index in [1.807, 2.05) is 12.1 Å². The van der Waals surface area contributed by atoms with Crippen LogP contribution in [-0.4, -0.2) is 29.8 Å². The Bertz CT molecular complexity index is 859. The van der Waals surface area contributed by atoms with Crippen LogP contribution in [0.4, 0.5) is 0 Å². The fourth-order valence-electron chi connectivity index (χ4n) is 2.61. The second kappa shape index (κ2) is 4.02. The summed E-state index contributed by atoms with van der Waals surface area (Å²) in [6.07, 6.45) is 1.75. The first-order valence-electron chi connectivity index (χ1n) is 6.19. The minimum absolute atomic E-state index is 0.585. The Kier molecular flexibility index (Phi) is 2.38. The van der Waals surface area contributed by atoms with Crippen molar-refractivity contribution in [2.24, 2.45) is 0 Å². The first kappa shape index (κ1) is 11.8. The number of benzene rings is 1. The van der Waals surface area contributed by atoms with E-state index in [2.05, 4.69) is 23.1 Å². The molecule has 1 aliphatic rings. The van der Waals surface area contributed by atoms with Crippen LogP contribution in [0.15, 0.2) is 34.2 Å². The van der Waals surface area contributed by atoms with E-state index < -0.39 is 0 Å². The number of hydrogen-bond acceptors (Lipinski definition) is 4. The third kappa shape index (κ3) is 1.40. The largest absolute Gasteiger partial charge is 0.480 e. The van der Waals surface area contributed by atoms with Gasteiger partial charge in [0.25, 0.3) is 7.98 Å². The van der Waals surface area contributed by atoms with Crippen molar-refractivity contribution < 1.29 is 4.74 Å². The van der Waals surface area contributed by atoms with Gasteiger partial charge in [-0.3, -0.25) is 0 Å². The molecule has 0 spiro atoms. The third-order valence-electron chi connectivity index (χ3n) is 3.54. The number of aromatic nitrogens is 3. The van der Waals surface area contributed by atoms with Crippen LogP contribution in [0.1, 0.15) is 5.56 Å². The summed E-state index contributed by atoms with van der Waals surface area (Å²) in [5.74, 6) is 0.585. The Morgan fingerprint density at radius 1 is 1.30 bits per heavy atom. The first-order chi connectivity index (χ1) is 9.70. The average Bonchev–Trinajstić information content (AvgIpc) is 2.79. The summed E-state index contributed by atoms with van der Waals surface area (Å²) in [5, 5.41) is 5.55. The highest BCUT2D eigenvalue weighted by molar-refractivity contribution is 7.99. The van der Waals surface area contributed by atoms with Crippen LogP contribution in [0, 0.1) is 6.92 Å². The minimum atomic E-state index is 0.585. The van der Waals surface area contributed by atoms with E-state index in [1.54, 1.807) is 25.1 Å².